The maximum atomic E-state index is 12.0. The molecule has 0 spiro atoms. The third-order valence-electron chi connectivity index (χ3n) is 6.61. The Bertz CT molecular complexity index is 738. The number of fused-ring (bicyclic) bond motifs is 1. The van der Waals surface area contributed by atoms with Crippen LogP contribution in [0.15, 0.2) is 18.2 Å². The fourth-order valence-corrected chi connectivity index (χ4v) is 4.82. The van der Waals surface area contributed by atoms with Crippen LogP contribution in [-0.2, 0) is 20.8 Å². The van der Waals surface area contributed by atoms with Crippen LogP contribution < -0.4 is 9.47 Å². The van der Waals surface area contributed by atoms with Crippen molar-refractivity contribution in [3.8, 4) is 11.5 Å². The van der Waals surface area contributed by atoms with Crippen molar-refractivity contribution in [1.29, 1.82) is 0 Å². The monoisotopic (exact) mass is 420 g/mol. The molecule has 0 aliphatic carbocycles. The van der Waals surface area contributed by atoms with Gasteiger partial charge in [-0.2, -0.15) is 0 Å². The van der Waals surface area contributed by atoms with Crippen LogP contribution >= 0.6 is 0 Å². The van der Waals surface area contributed by atoms with Crippen LogP contribution in [0.3, 0.4) is 0 Å². The first kappa shape index (κ1) is 21.4. The average Bonchev–Trinajstić information content (AvgIpc) is 3.14. The van der Waals surface area contributed by atoms with Crippen LogP contribution in [0.1, 0.15) is 12.0 Å². The maximum Gasteiger partial charge on any atom is 0.311 e. The number of carbonyl (C=O) groups is 1. The highest BCUT2D eigenvalue weighted by atomic mass is 16.5. The minimum atomic E-state index is -0.694. The number of methoxy groups -OCH3 is 1. The molecule has 2 atom stereocenters. The summed E-state index contributed by atoms with van der Waals surface area (Å²) in [6, 6.07) is 5.97. The summed E-state index contributed by atoms with van der Waals surface area (Å²) in [6.45, 7) is 7.92. The molecule has 8 heteroatoms. The standard InChI is InChI=1S/C22H32N2O6/c1-27-19-3-2-17(12-20(19)30-11-7-23-5-9-28-10-6-23)13-24-14-18-15-29-8-4-22(18,16-24)21(25)26/h2-3,12,18H,4-11,13-16H2,1H3,(H,25,26)/t18-,22+/m1/s1. The third-order valence-corrected chi connectivity index (χ3v) is 6.61. The van der Waals surface area contributed by atoms with Gasteiger partial charge in [0.15, 0.2) is 11.5 Å². The highest BCUT2D eigenvalue weighted by Gasteiger charge is 2.53. The van der Waals surface area contributed by atoms with Crippen LogP contribution in [0.25, 0.3) is 0 Å². The van der Waals surface area contributed by atoms with E-state index in [1.165, 1.54) is 0 Å². The number of carboxylic acid groups (broad SMARTS) is 1. The maximum absolute atomic E-state index is 12.0. The van der Waals surface area contributed by atoms with E-state index >= 15 is 0 Å². The van der Waals surface area contributed by atoms with Crippen molar-refractivity contribution in [3.05, 3.63) is 23.8 Å². The normalized spacial score (nSPS) is 27.6. The van der Waals surface area contributed by atoms with Crippen molar-refractivity contribution >= 4 is 5.97 Å². The van der Waals surface area contributed by atoms with E-state index < -0.39 is 11.4 Å². The van der Waals surface area contributed by atoms with Crippen molar-refractivity contribution in [2.45, 2.75) is 13.0 Å². The zero-order valence-corrected chi connectivity index (χ0v) is 17.7. The van der Waals surface area contributed by atoms with Gasteiger partial charge in [-0.1, -0.05) is 6.07 Å². The lowest BCUT2D eigenvalue weighted by Crippen LogP contribution is -2.44. The second-order valence-electron chi connectivity index (χ2n) is 8.44. The van der Waals surface area contributed by atoms with Crippen LogP contribution in [0.2, 0.25) is 0 Å². The largest absolute Gasteiger partial charge is 0.493 e. The molecule has 3 aliphatic heterocycles. The van der Waals surface area contributed by atoms with E-state index in [0.29, 0.717) is 45.1 Å². The Morgan fingerprint density at radius 3 is 2.77 bits per heavy atom. The molecule has 1 aromatic rings. The molecule has 3 fully saturated rings. The van der Waals surface area contributed by atoms with E-state index in [4.69, 9.17) is 18.9 Å². The van der Waals surface area contributed by atoms with E-state index in [0.717, 1.165) is 50.7 Å². The van der Waals surface area contributed by atoms with E-state index in [-0.39, 0.29) is 5.92 Å². The molecule has 0 unspecified atom stereocenters. The number of hydrogen-bond donors (Lipinski definition) is 1. The lowest BCUT2D eigenvalue weighted by molar-refractivity contribution is -0.157. The second kappa shape index (κ2) is 9.51. The van der Waals surface area contributed by atoms with Gasteiger partial charge in [0.25, 0.3) is 0 Å². The molecule has 30 heavy (non-hydrogen) atoms. The summed E-state index contributed by atoms with van der Waals surface area (Å²) in [4.78, 5) is 16.6. The molecule has 0 amide bonds. The van der Waals surface area contributed by atoms with Crippen LogP contribution in [0, 0.1) is 11.3 Å². The Balaban J connectivity index is 1.38. The summed E-state index contributed by atoms with van der Waals surface area (Å²) >= 11 is 0. The number of hydrogen-bond acceptors (Lipinski definition) is 7. The molecule has 3 saturated heterocycles. The first-order valence-corrected chi connectivity index (χ1v) is 10.7. The first-order valence-electron chi connectivity index (χ1n) is 10.7. The molecule has 0 bridgehead atoms. The summed E-state index contributed by atoms with van der Waals surface area (Å²) in [5, 5.41) is 9.87. The van der Waals surface area contributed by atoms with E-state index in [9.17, 15) is 9.90 Å². The van der Waals surface area contributed by atoms with Crippen molar-refractivity contribution in [2.75, 3.05) is 72.9 Å². The molecule has 3 heterocycles. The minimum absolute atomic E-state index is 0.0474. The van der Waals surface area contributed by atoms with Gasteiger partial charge >= 0.3 is 5.97 Å². The summed E-state index contributed by atoms with van der Waals surface area (Å²) < 4.78 is 22.5. The van der Waals surface area contributed by atoms with Gasteiger partial charge in [-0.25, -0.2) is 0 Å². The number of nitrogens with zero attached hydrogens (tertiary/aromatic N) is 2. The first-order chi connectivity index (χ1) is 14.6. The number of rotatable bonds is 8. The van der Waals surface area contributed by atoms with Gasteiger partial charge in [0.2, 0.25) is 0 Å². The van der Waals surface area contributed by atoms with Gasteiger partial charge in [-0.05, 0) is 24.1 Å². The number of aliphatic carboxylic acids is 1. The molecule has 0 saturated carbocycles. The summed E-state index contributed by atoms with van der Waals surface area (Å²) in [5.41, 5.74) is 0.416. The fourth-order valence-electron chi connectivity index (χ4n) is 4.82. The lowest BCUT2D eigenvalue weighted by atomic mass is 9.74. The number of carboxylic acids is 1. The Kier molecular flexibility index (Phi) is 6.77. The molecule has 166 valence electrons. The number of likely N-dealkylation sites (tertiary alicyclic amines) is 1. The van der Waals surface area contributed by atoms with E-state index in [2.05, 4.69) is 9.80 Å². The zero-order chi connectivity index (χ0) is 21.0. The van der Waals surface area contributed by atoms with Crippen LogP contribution in [0.5, 0.6) is 11.5 Å². The minimum Gasteiger partial charge on any atom is -0.493 e. The fraction of sp³-hybridized carbons (Fsp3) is 0.682. The molecular formula is C22H32N2O6. The van der Waals surface area contributed by atoms with Gasteiger partial charge in [0.1, 0.15) is 6.61 Å². The van der Waals surface area contributed by atoms with E-state index in [1.807, 2.05) is 18.2 Å². The summed E-state index contributed by atoms with van der Waals surface area (Å²) in [7, 11) is 1.64. The average molecular weight is 421 g/mol. The van der Waals surface area contributed by atoms with Gasteiger partial charge in [-0.3, -0.25) is 14.6 Å². The van der Waals surface area contributed by atoms with E-state index in [1.54, 1.807) is 7.11 Å². The molecule has 1 aromatic carbocycles. The molecule has 8 nitrogen and oxygen atoms in total. The molecule has 0 radical (unpaired) electrons. The highest BCUT2D eigenvalue weighted by Crippen LogP contribution is 2.43. The highest BCUT2D eigenvalue weighted by molar-refractivity contribution is 5.76. The van der Waals surface area contributed by atoms with Crippen LogP contribution in [0.4, 0.5) is 0 Å². The lowest BCUT2D eigenvalue weighted by Gasteiger charge is -2.34. The van der Waals surface area contributed by atoms with Crippen molar-refractivity contribution in [1.82, 2.24) is 9.80 Å². The van der Waals surface area contributed by atoms with Crippen LogP contribution in [-0.4, -0.2) is 93.7 Å². The number of ether oxygens (including phenoxy) is 4. The molecule has 4 rings (SSSR count). The predicted octanol–water partition coefficient (Wildman–Crippen LogP) is 1.33. The summed E-state index contributed by atoms with van der Waals surface area (Å²) in [6.07, 6.45) is 0.585. The third kappa shape index (κ3) is 4.56. The SMILES string of the molecule is COc1ccc(CN2C[C@@H]3COCC[C@]3(C(=O)O)C2)cc1OCCN1CCOCC1. The Morgan fingerprint density at radius 1 is 1.20 bits per heavy atom. The van der Waals surface area contributed by atoms with Gasteiger partial charge < -0.3 is 24.1 Å². The van der Waals surface area contributed by atoms with Crippen molar-refractivity contribution in [2.24, 2.45) is 11.3 Å². The number of morpholine rings is 1. The molecular weight excluding hydrogens is 388 g/mol. The number of benzene rings is 1. The Labute approximate surface area is 177 Å². The smallest absolute Gasteiger partial charge is 0.311 e. The summed E-state index contributed by atoms with van der Waals surface area (Å²) in [5.74, 6) is 0.800. The van der Waals surface area contributed by atoms with Gasteiger partial charge in [0.05, 0.1) is 32.3 Å². The topological polar surface area (TPSA) is 80.7 Å². The van der Waals surface area contributed by atoms with Gasteiger partial charge in [0, 0.05) is 51.8 Å². The second-order valence-corrected chi connectivity index (χ2v) is 8.44. The Morgan fingerprint density at radius 2 is 2.03 bits per heavy atom. The quantitative estimate of drug-likeness (QED) is 0.675. The van der Waals surface area contributed by atoms with Crippen molar-refractivity contribution < 1.29 is 28.8 Å². The van der Waals surface area contributed by atoms with Gasteiger partial charge in [-0.15, -0.1) is 0 Å². The molecule has 3 aliphatic rings. The van der Waals surface area contributed by atoms with Crippen molar-refractivity contribution in [3.63, 3.8) is 0 Å². The molecule has 1 N–H and O–H groups in total. The molecule has 0 aromatic heterocycles. The zero-order valence-electron chi connectivity index (χ0n) is 17.7. The predicted molar refractivity (Wildman–Crippen MR) is 110 cm³/mol. The Hall–Kier alpha value is -1.87.